The minimum absolute atomic E-state index is 0.0167. The predicted octanol–water partition coefficient (Wildman–Crippen LogP) is 3.05. The molecule has 1 aromatic carbocycles. The molecule has 0 aliphatic heterocycles. The van der Waals surface area contributed by atoms with Crippen molar-refractivity contribution in [1.82, 2.24) is 4.90 Å². The molecule has 1 heterocycles. The first-order valence-corrected chi connectivity index (χ1v) is 8.14. The number of aliphatic carboxylic acids is 1. The summed E-state index contributed by atoms with van der Waals surface area (Å²) in [4.78, 5) is 25.4. The van der Waals surface area contributed by atoms with E-state index in [1.54, 1.807) is 24.1 Å². The van der Waals surface area contributed by atoms with Crippen LogP contribution in [0, 0.1) is 0 Å². The number of hydrogen-bond acceptors (Lipinski definition) is 4. The van der Waals surface area contributed by atoms with Crippen LogP contribution in [0.3, 0.4) is 0 Å². The van der Waals surface area contributed by atoms with Crippen molar-refractivity contribution in [2.24, 2.45) is 0 Å². The second-order valence-corrected chi connectivity index (χ2v) is 6.03. The van der Waals surface area contributed by atoms with Gasteiger partial charge in [-0.25, -0.2) is 4.79 Å². The number of carbonyl (C=O) groups excluding carboxylic acids is 1. The van der Waals surface area contributed by atoms with Crippen molar-refractivity contribution in [2.75, 3.05) is 13.7 Å². The number of nitrogens with zero attached hydrogens (tertiary/aromatic N) is 1. The van der Waals surface area contributed by atoms with Crippen LogP contribution in [0.4, 0.5) is 0 Å². The summed E-state index contributed by atoms with van der Waals surface area (Å²) in [5.41, 5.74) is 2.03. The van der Waals surface area contributed by atoms with Crippen molar-refractivity contribution in [2.45, 2.75) is 19.9 Å². The maximum atomic E-state index is 12.5. The van der Waals surface area contributed by atoms with E-state index < -0.39 is 5.97 Å². The Hall–Kier alpha value is -2.34. The Morgan fingerprint density at radius 1 is 1.22 bits per heavy atom. The molecule has 0 bridgehead atoms. The largest absolute Gasteiger partial charge is 0.482 e. The van der Waals surface area contributed by atoms with Crippen molar-refractivity contribution >= 4 is 23.2 Å². The van der Waals surface area contributed by atoms with Gasteiger partial charge in [-0.2, -0.15) is 0 Å². The number of aryl methyl sites for hydroxylation is 1. The zero-order chi connectivity index (χ0) is 16.8. The smallest absolute Gasteiger partial charge is 0.341 e. The van der Waals surface area contributed by atoms with Gasteiger partial charge < -0.3 is 14.7 Å². The highest BCUT2D eigenvalue weighted by Crippen LogP contribution is 2.20. The monoisotopic (exact) mass is 333 g/mol. The summed E-state index contributed by atoms with van der Waals surface area (Å²) >= 11 is 1.47. The molecule has 2 aromatic rings. The first kappa shape index (κ1) is 17.0. The first-order chi connectivity index (χ1) is 11.0. The molecule has 1 N–H and O–H groups in total. The van der Waals surface area contributed by atoms with Crippen LogP contribution in [-0.4, -0.2) is 35.5 Å². The highest BCUT2D eigenvalue weighted by Gasteiger charge is 2.16. The average Bonchev–Trinajstić information content (AvgIpc) is 3.01. The first-order valence-electron chi connectivity index (χ1n) is 7.26. The molecule has 6 heteroatoms. The lowest BCUT2D eigenvalue weighted by atomic mass is 10.1. The van der Waals surface area contributed by atoms with E-state index in [-0.39, 0.29) is 12.5 Å². The number of amides is 1. The molecule has 0 unspecified atom stereocenters. The summed E-state index contributed by atoms with van der Waals surface area (Å²) in [6.07, 6.45) is 0.841. The van der Waals surface area contributed by atoms with E-state index in [1.165, 1.54) is 11.3 Å². The molecule has 1 amide bonds. The second kappa shape index (κ2) is 7.78. The fourth-order valence-electron chi connectivity index (χ4n) is 2.16. The van der Waals surface area contributed by atoms with Crippen molar-refractivity contribution in [3.63, 3.8) is 0 Å². The molecular formula is C17H19NO4S. The van der Waals surface area contributed by atoms with Gasteiger partial charge in [-0.3, -0.25) is 4.79 Å². The molecule has 0 aliphatic rings. The third kappa shape index (κ3) is 4.56. The minimum Gasteiger partial charge on any atom is -0.482 e. The van der Waals surface area contributed by atoms with Crippen LogP contribution in [0.15, 0.2) is 35.7 Å². The van der Waals surface area contributed by atoms with Gasteiger partial charge in [0.25, 0.3) is 5.91 Å². The highest BCUT2D eigenvalue weighted by molar-refractivity contribution is 7.12. The molecule has 0 fully saturated rings. The molecule has 0 radical (unpaired) electrons. The number of carboxylic acid groups (broad SMARTS) is 1. The molecule has 0 saturated carbocycles. The van der Waals surface area contributed by atoms with Gasteiger partial charge in [0, 0.05) is 13.6 Å². The van der Waals surface area contributed by atoms with Crippen LogP contribution in [0.25, 0.3) is 0 Å². The molecule has 23 heavy (non-hydrogen) atoms. The summed E-state index contributed by atoms with van der Waals surface area (Å²) in [6.45, 7) is 2.16. The van der Waals surface area contributed by atoms with E-state index in [4.69, 9.17) is 9.84 Å². The number of ether oxygens (including phenoxy) is 1. The number of rotatable bonds is 7. The van der Waals surface area contributed by atoms with Gasteiger partial charge in [-0.05, 0) is 41.1 Å². The lowest BCUT2D eigenvalue weighted by Gasteiger charge is -2.17. The van der Waals surface area contributed by atoms with Gasteiger partial charge in [0.2, 0.25) is 0 Å². The Labute approximate surface area is 139 Å². The fraction of sp³-hybridized carbons (Fsp3) is 0.294. The van der Waals surface area contributed by atoms with Crippen molar-refractivity contribution in [3.05, 3.63) is 51.7 Å². The number of thiophene rings is 1. The van der Waals surface area contributed by atoms with Gasteiger partial charge in [-0.15, -0.1) is 11.3 Å². The number of hydrogen-bond donors (Lipinski definition) is 1. The Balaban J connectivity index is 1.98. The van der Waals surface area contributed by atoms with Crippen molar-refractivity contribution in [3.8, 4) is 5.75 Å². The third-order valence-electron chi connectivity index (χ3n) is 3.37. The zero-order valence-corrected chi connectivity index (χ0v) is 13.9. The Morgan fingerprint density at radius 3 is 2.52 bits per heavy atom. The quantitative estimate of drug-likeness (QED) is 0.846. The van der Waals surface area contributed by atoms with E-state index in [0.717, 1.165) is 22.4 Å². The van der Waals surface area contributed by atoms with Crippen molar-refractivity contribution < 1.29 is 19.4 Å². The molecule has 0 aliphatic carbocycles. The highest BCUT2D eigenvalue weighted by atomic mass is 32.1. The van der Waals surface area contributed by atoms with Crippen molar-refractivity contribution in [1.29, 1.82) is 0 Å². The van der Waals surface area contributed by atoms with Gasteiger partial charge >= 0.3 is 5.97 Å². The van der Waals surface area contributed by atoms with Gasteiger partial charge in [-0.1, -0.05) is 19.1 Å². The second-order valence-electron chi connectivity index (χ2n) is 5.12. The standard InChI is InChI=1S/C17H19NO4S/c1-3-13-8-9-23-16(13)17(21)18(2)10-12-4-6-14(7-5-12)22-11-15(19)20/h4-9H,3,10-11H2,1-2H3,(H,19,20). The number of carboxylic acids is 1. The summed E-state index contributed by atoms with van der Waals surface area (Å²) in [5.74, 6) is -0.498. The molecule has 0 saturated heterocycles. The van der Waals surface area contributed by atoms with Crippen LogP contribution >= 0.6 is 11.3 Å². The Morgan fingerprint density at radius 2 is 1.91 bits per heavy atom. The lowest BCUT2D eigenvalue weighted by Crippen LogP contribution is -2.26. The van der Waals surface area contributed by atoms with Crippen LogP contribution < -0.4 is 4.74 Å². The van der Waals surface area contributed by atoms with E-state index in [0.29, 0.717) is 12.3 Å². The van der Waals surface area contributed by atoms with E-state index in [1.807, 2.05) is 30.5 Å². The number of benzene rings is 1. The molecule has 2 rings (SSSR count). The van der Waals surface area contributed by atoms with E-state index >= 15 is 0 Å². The lowest BCUT2D eigenvalue weighted by molar-refractivity contribution is -0.139. The maximum absolute atomic E-state index is 12.5. The normalized spacial score (nSPS) is 10.3. The molecule has 122 valence electrons. The minimum atomic E-state index is -1.01. The summed E-state index contributed by atoms with van der Waals surface area (Å²) in [5, 5.41) is 10.5. The number of carbonyl (C=O) groups is 2. The van der Waals surface area contributed by atoms with Crippen LogP contribution in [0.5, 0.6) is 5.75 Å². The maximum Gasteiger partial charge on any atom is 0.341 e. The van der Waals surface area contributed by atoms with Gasteiger partial charge in [0.05, 0.1) is 4.88 Å². The van der Waals surface area contributed by atoms with Crippen LogP contribution in [0.2, 0.25) is 0 Å². The average molecular weight is 333 g/mol. The molecule has 0 spiro atoms. The van der Waals surface area contributed by atoms with Gasteiger partial charge in [0.1, 0.15) is 5.75 Å². The SMILES string of the molecule is CCc1ccsc1C(=O)N(C)Cc1ccc(OCC(=O)O)cc1. The zero-order valence-electron chi connectivity index (χ0n) is 13.1. The topological polar surface area (TPSA) is 66.8 Å². The summed E-state index contributed by atoms with van der Waals surface area (Å²) < 4.78 is 5.09. The summed E-state index contributed by atoms with van der Waals surface area (Å²) in [6, 6.07) is 9.06. The molecule has 1 aromatic heterocycles. The fourth-order valence-corrected chi connectivity index (χ4v) is 3.15. The molecule has 5 nitrogen and oxygen atoms in total. The van der Waals surface area contributed by atoms with Gasteiger partial charge in [0.15, 0.2) is 6.61 Å². The summed E-state index contributed by atoms with van der Waals surface area (Å²) in [7, 11) is 1.77. The predicted molar refractivity (Wildman–Crippen MR) is 89.1 cm³/mol. The third-order valence-corrected chi connectivity index (χ3v) is 4.32. The van der Waals surface area contributed by atoms with E-state index in [9.17, 15) is 9.59 Å². The Kier molecular flexibility index (Phi) is 5.76. The Bertz CT molecular complexity index is 678. The molecular weight excluding hydrogens is 314 g/mol. The van der Waals surface area contributed by atoms with Crippen LogP contribution in [0.1, 0.15) is 27.7 Å². The van der Waals surface area contributed by atoms with E-state index in [2.05, 4.69) is 0 Å². The van der Waals surface area contributed by atoms with Crippen LogP contribution in [-0.2, 0) is 17.8 Å². The molecule has 0 atom stereocenters.